The van der Waals surface area contributed by atoms with Crippen molar-refractivity contribution in [2.45, 2.75) is 6.43 Å². The fourth-order valence-electron chi connectivity index (χ4n) is 1.43. The van der Waals surface area contributed by atoms with Gasteiger partial charge in [-0.05, 0) is 12.1 Å². The highest BCUT2D eigenvalue weighted by Crippen LogP contribution is 2.37. The van der Waals surface area contributed by atoms with Crippen molar-refractivity contribution in [1.29, 1.82) is 5.26 Å². The van der Waals surface area contributed by atoms with Crippen LogP contribution in [0.4, 0.5) is 14.5 Å². The molecule has 0 aliphatic carbocycles. The van der Waals surface area contributed by atoms with E-state index in [4.69, 9.17) is 11.0 Å². The van der Waals surface area contributed by atoms with Gasteiger partial charge in [0.2, 0.25) is 0 Å². The molecule has 0 aliphatic heterocycles. The molecule has 0 spiro atoms. The minimum atomic E-state index is -2.63. The van der Waals surface area contributed by atoms with Crippen molar-refractivity contribution < 1.29 is 8.78 Å². The SMILES string of the molecule is N#Cc1sc2cc(N)ccc2c1C(F)F. The van der Waals surface area contributed by atoms with Crippen LogP contribution < -0.4 is 5.73 Å². The summed E-state index contributed by atoms with van der Waals surface area (Å²) in [5.41, 5.74) is 5.86. The summed E-state index contributed by atoms with van der Waals surface area (Å²) in [6, 6.07) is 6.48. The van der Waals surface area contributed by atoms with Crippen LogP contribution in [0.1, 0.15) is 16.9 Å². The molecule has 0 radical (unpaired) electrons. The maximum Gasteiger partial charge on any atom is 0.266 e. The molecule has 2 rings (SSSR count). The Balaban J connectivity index is 2.82. The summed E-state index contributed by atoms with van der Waals surface area (Å²) in [4.78, 5) is 0.0607. The number of hydrogen-bond acceptors (Lipinski definition) is 3. The van der Waals surface area contributed by atoms with Gasteiger partial charge in [-0.25, -0.2) is 8.78 Å². The number of anilines is 1. The van der Waals surface area contributed by atoms with Crippen molar-refractivity contribution in [3.63, 3.8) is 0 Å². The number of alkyl halides is 2. The van der Waals surface area contributed by atoms with Crippen LogP contribution in [-0.2, 0) is 0 Å². The Bertz CT molecular complexity index is 554. The second kappa shape index (κ2) is 3.48. The van der Waals surface area contributed by atoms with Gasteiger partial charge in [0, 0.05) is 15.8 Å². The molecule has 0 amide bonds. The molecule has 5 heteroatoms. The number of hydrogen-bond donors (Lipinski definition) is 1. The molecule has 0 fully saturated rings. The fourth-order valence-corrected chi connectivity index (χ4v) is 2.49. The predicted molar refractivity (Wildman–Crippen MR) is 55.9 cm³/mol. The number of nitriles is 1. The number of fused-ring (bicyclic) bond motifs is 1. The highest BCUT2D eigenvalue weighted by atomic mass is 32.1. The highest BCUT2D eigenvalue weighted by Gasteiger charge is 2.19. The minimum absolute atomic E-state index is 0.0607. The summed E-state index contributed by atoms with van der Waals surface area (Å²) in [6.45, 7) is 0. The average molecular weight is 224 g/mol. The molecular formula is C10H6F2N2S. The normalized spacial score (nSPS) is 10.8. The Labute approximate surface area is 88.5 Å². The molecule has 1 aromatic carbocycles. The van der Waals surface area contributed by atoms with E-state index in [1.165, 1.54) is 6.07 Å². The Morgan fingerprint density at radius 3 is 2.73 bits per heavy atom. The lowest BCUT2D eigenvalue weighted by atomic mass is 10.1. The van der Waals surface area contributed by atoms with Crippen LogP contribution in [0.3, 0.4) is 0 Å². The van der Waals surface area contributed by atoms with Crippen LogP contribution in [-0.4, -0.2) is 0 Å². The summed E-state index contributed by atoms with van der Waals surface area (Å²) in [5, 5.41) is 9.15. The first-order valence-electron chi connectivity index (χ1n) is 4.13. The van der Waals surface area contributed by atoms with Gasteiger partial charge in [-0.1, -0.05) is 6.07 Å². The highest BCUT2D eigenvalue weighted by molar-refractivity contribution is 7.19. The van der Waals surface area contributed by atoms with Gasteiger partial charge in [-0.15, -0.1) is 11.3 Å². The molecule has 2 aromatic rings. The molecule has 0 unspecified atom stereocenters. The maximum atomic E-state index is 12.7. The van der Waals surface area contributed by atoms with Crippen LogP contribution in [0.5, 0.6) is 0 Å². The quantitative estimate of drug-likeness (QED) is 0.755. The van der Waals surface area contributed by atoms with Gasteiger partial charge in [-0.3, -0.25) is 0 Å². The van der Waals surface area contributed by atoms with Gasteiger partial charge in [0.25, 0.3) is 6.43 Å². The Kier molecular flexibility index (Phi) is 2.29. The lowest BCUT2D eigenvalue weighted by molar-refractivity contribution is 0.153. The smallest absolute Gasteiger partial charge is 0.266 e. The summed E-state index contributed by atoms with van der Waals surface area (Å²) in [5.74, 6) is 0. The third-order valence-corrected chi connectivity index (χ3v) is 3.15. The van der Waals surface area contributed by atoms with Crippen LogP contribution in [0, 0.1) is 11.3 Å². The molecule has 0 saturated carbocycles. The molecule has 2 nitrogen and oxygen atoms in total. The molecule has 1 heterocycles. The van der Waals surface area contributed by atoms with Crippen LogP contribution in [0.25, 0.3) is 10.1 Å². The first-order valence-corrected chi connectivity index (χ1v) is 4.95. The van der Waals surface area contributed by atoms with E-state index < -0.39 is 6.43 Å². The van der Waals surface area contributed by atoms with E-state index in [0.717, 1.165) is 11.3 Å². The lowest BCUT2D eigenvalue weighted by Crippen LogP contribution is -1.86. The topological polar surface area (TPSA) is 49.8 Å². The van der Waals surface area contributed by atoms with Gasteiger partial charge >= 0.3 is 0 Å². The van der Waals surface area contributed by atoms with Gasteiger partial charge in [-0.2, -0.15) is 5.26 Å². The van der Waals surface area contributed by atoms with Crippen molar-refractivity contribution in [1.82, 2.24) is 0 Å². The first kappa shape index (κ1) is 9.87. The predicted octanol–water partition coefficient (Wildman–Crippen LogP) is 3.29. The van der Waals surface area contributed by atoms with Crippen LogP contribution in [0.15, 0.2) is 18.2 Å². The van der Waals surface area contributed by atoms with Crippen molar-refractivity contribution >= 4 is 27.1 Å². The number of halogens is 2. The van der Waals surface area contributed by atoms with Crippen molar-refractivity contribution in [3.8, 4) is 6.07 Å². The standard InChI is InChI=1S/C10H6F2N2S/c11-10(12)9-6-2-1-5(14)3-7(6)15-8(9)4-13/h1-3,10H,14H2. The second-order valence-electron chi connectivity index (χ2n) is 3.01. The number of rotatable bonds is 1. The first-order chi connectivity index (χ1) is 7.13. The summed E-state index contributed by atoms with van der Waals surface area (Å²) in [6.07, 6.45) is -2.63. The Morgan fingerprint density at radius 1 is 1.40 bits per heavy atom. The third-order valence-electron chi connectivity index (χ3n) is 2.07. The average Bonchev–Trinajstić information content (AvgIpc) is 2.54. The van der Waals surface area contributed by atoms with E-state index >= 15 is 0 Å². The summed E-state index contributed by atoms with van der Waals surface area (Å²) in [7, 11) is 0. The number of nitrogen functional groups attached to an aromatic ring is 1. The third kappa shape index (κ3) is 1.53. The molecule has 76 valence electrons. The van der Waals surface area contributed by atoms with E-state index in [-0.39, 0.29) is 10.4 Å². The number of benzene rings is 1. The zero-order valence-corrected chi connectivity index (χ0v) is 8.31. The van der Waals surface area contributed by atoms with Gasteiger partial charge in [0.15, 0.2) is 0 Å². The van der Waals surface area contributed by atoms with E-state index in [2.05, 4.69) is 0 Å². The molecule has 15 heavy (non-hydrogen) atoms. The molecular weight excluding hydrogens is 218 g/mol. The molecule has 0 saturated heterocycles. The summed E-state index contributed by atoms with van der Waals surface area (Å²) >= 11 is 1.05. The second-order valence-corrected chi connectivity index (χ2v) is 4.07. The van der Waals surface area contributed by atoms with Crippen molar-refractivity contribution in [2.75, 3.05) is 5.73 Å². The zero-order valence-electron chi connectivity index (χ0n) is 7.50. The summed E-state index contributed by atoms with van der Waals surface area (Å²) < 4.78 is 26.0. The van der Waals surface area contributed by atoms with Crippen molar-refractivity contribution in [3.05, 3.63) is 28.6 Å². The number of nitrogens with two attached hydrogens (primary N) is 1. The van der Waals surface area contributed by atoms with Gasteiger partial charge in [0.05, 0.1) is 5.56 Å². The van der Waals surface area contributed by atoms with Gasteiger partial charge < -0.3 is 5.73 Å². The van der Waals surface area contributed by atoms with E-state index in [1.54, 1.807) is 18.2 Å². The molecule has 0 atom stereocenters. The van der Waals surface area contributed by atoms with Crippen LogP contribution in [0.2, 0.25) is 0 Å². The monoisotopic (exact) mass is 224 g/mol. The zero-order chi connectivity index (χ0) is 11.0. The van der Waals surface area contributed by atoms with Crippen molar-refractivity contribution in [2.24, 2.45) is 0 Å². The minimum Gasteiger partial charge on any atom is -0.399 e. The fraction of sp³-hybridized carbons (Fsp3) is 0.100. The van der Waals surface area contributed by atoms with E-state index in [1.807, 2.05) is 0 Å². The largest absolute Gasteiger partial charge is 0.399 e. The van der Waals surface area contributed by atoms with E-state index in [9.17, 15) is 8.78 Å². The van der Waals surface area contributed by atoms with Gasteiger partial charge in [0.1, 0.15) is 10.9 Å². The number of nitrogens with zero attached hydrogens (tertiary/aromatic N) is 1. The maximum absolute atomic E-state index is 12.7. The van der Waals surface area contributed by atoms with Crippen LogP contribution >= 0.6 is 11.3 Å². The molecule has 2 N–H and O–H groups in total. The molecule has 1 aromatic heterocycles. The van der Waals surface area contributed by atoms with E-state index in [0.29, 0.717) is 15.8 Å². The number of thiophene rings is 1. The lowest BCUT2D eigenvalue weighted by Gasteiger charge is -1.98. The Morgan fingerprint density at radius 2 is 2.13 bits per heavy atom. The molecule has 0 bridgehead atoms. The Hall–Kier alpha value is -1.67. The molecule has 0 aliphatic rings.